The Morgan fingerprint density at radius 1 is 1.39 bits per heavy atom. The number of rotatable bonds is 3. The molecule has 0 aliphatic heterocycles. The molecule has 0 radical (unpaired) electrons. The maximum Gasteiger partial charge on any atom is 0.414 e. The van der Waals surface area contributed by atoms with E-state index in [1.807, 2.05) is 0 Å². The fourth-order valence-electron chi connectivity index (χ4n) is 1.06. The summed E-state index contributed by atoms with van der Waals surface area (Å²) in [4.78, 5) is 33.0. The number of nitro benzene ring substituents is 1. The molecule has 96 valence electrons. The highest BCUT2D eigenvalue weighted by Gasteiger charge is 2.21. The van der Waals surface area contributed by atoms with Gasteiger partial charge in [-0.1, -0.05) is 0 Å². The minimum Gasteiger partial charge on any atom is -0.478 e. The van der Waals surface area contributed by atoms with E-state index < -0.39 is 22.7 Å². The van der Waals surface area contributed by atoms with Crippen molar-refractivity contribution in [1.82, 2.24) is 4.90 Å². The second kappa shape index (κ2) is 5.13. The molecule has 1 aromatic rings. The van der Waals surface area contributed by atoms with E-state index >= 15 is 0 Å². The third-order valence-electron chi connectivity index (χ3n) is 1.97. The number of nitrogens with zero attached hydrogens (tertiary/aromatic N) is 2. The summed E-state index contributed by atoms with van der Waals surface area (Å²) in [6.45, 7) is 0. The van der Waals surface area contributed by atoms with Gasteiger partial charge in [-0.25, -0.2) is 9.59 Å². The van der Waals surface area contributed by atoms with Gasteiger partial charge in [-0.15, -0.1) is 0 Å². The number of ether oxygens (including phenoxy) is 1. The van der Waals surface area contributed by atoms with E-state index in [0.29, 0.717) is 0 Å². The third kappa shape index (κ3) is 2.94. The molecule has 0 saturated heterocycles. The van der Waals surface area contributed by atoms with Crippen molar-refractivity contribution in [1.29, 1.82) is 0 Å². The van der Waals surface area contributed by atoms with Crippen LogP contribution in [0.1, 0.15) is 10.4 Å². The van der Waals surface area contributed by atoms with Gasteiger partial charge in [0, 0.05) is 20.2 Å². The predicted molar refractivity (Wildman–Crippen MR) is 59.8 cm³/mol. The van der Waals surface area contributed by atoms with Crippen molar-refractivity contribution in [3.8, 4) is 5.75 Å². The van der Waals surface area contributed by atoms with Crippen molar-refractivity contribution in [2.75, 3.05) is 14.1 Å². The number of carbonyl (C=O) groups is 2. The number of hydrogen-bond acceptors (Lipinski definition) is 5. The fraction of sp³-hybridized carbons (Fsp3) is 0.200. The van der Waals surface area contributed by atoms with Crippen molar-refractivity contribution in [2.45, 2.75) is 0 Å². The summed E-state index contributed by atoms with van der Waals surface area (Å²) in [6, 6.07) is 3.02. The van der Waals surface area contributed by atoms with Crippen molar-refractivity contribution in [3.63, 3.8) is 0 Å². The summed E-state index contributed by atoms with van der Waals surface area (Å²) in [5.74, 6) is -1.60. The number of nitro groups is 1. The normalized spacial score (nSPS) is 9.67. The highest BCUT2D eigenvalue weighted by atomic mass is 16.6. The maximum atomic E-state index is 11.3. The summed E-state index contributed by atoms with van der Waals surface area (Å²) in [5.41, 5.74) is -0.837. The molecule has 0 atom stereocenters. The van der Waals surface area contributed by atoms with E-state index in [4.69, 9.17) is 9.84 Å². The van der Waals surface area contributed by atoms with E-state index in [1.54, 1.807) is 0 Å². The van der Waals surface area contributed by atoms with E-state index in [0.717, 1.165) is 23.1 Å². The second-order valence-electron chi connectivity index (χ2n) is 3.51. The van der Waals surface area contributed by atoms with Gasteiger partial charge in [0.15, 0.2) is 0 Å². The summed E-state index contributed by atoms with van der Waals surface area (Å²) in [6.07, 6.45) is -0.791. The topological polar surface area (TPSA) is 110 Å². The maximum absolute atomic E-state index is 11.3. The van der Waals surface area contributed by atoms with E-state index in [9.17, 15) is 19.7 Å². The number of carboxylic acids is 1. The molecule has 0 aliphatic carbocycles. The number of hydrogen-bond donors (Lipinski definition) is 1. The molecule has 0 bridgehead atoms. The van der Waals surface area contributed by atoms with Gasteiger partial charge in [0.05, 0.1) is 10.5 Å². The quantitative estimate of drug-likeness (QED) is 0.644. The first kappa shape index (κ1) is 13.4. The summed E-state index contributed by atoms with van der Waals surface area (Å²) >= 11 is 0. The molecule has 0 aromatic heterocycles. The minimum atomic E-state index is -1.30. The molecule has 0 fully saturated rings. The lowest BCUT2D eigenvalue weighted by atomic mass is 10.2. The predicted octanol–water partition coefficient (Wildman–Crippen LogP) is 1.35. The lowest BCUT2D eigenvalue weighted by Gasteiger charge is -2.10. The lowest BCUT2D eigenvalue weighted by molar-refractivity contribution is -0.385. The molecule has 18 heavy (non-hydrogen) atoms. The molecular formula is C10H10N2O6. The number of carbonyl (C=O) groups excluding carboxylic acids is 1. The van der Waals surface area contributed by atoms with Crippen LogP contribution in [-0.2, 0) is 0 Å². The first-order valence-corrected chi connectivity index (χ1v) is 4.73. The molecule has 0 unspecified atom stereocenters. The van der Waals surface area contributed by atoms with Gasteiger partial charge in [0.2, 0.25) is 5.75 Å². The number of carboxylic acid groups (broad SMARTS) is 1. The van der Waals surface area contributed by atoms with Crippen LogP contribution < -0.4 is 4.74 Å². The second-order valence-corrected chi connectivity index (χ2v) is 3.51. The number of amides is 1. The zero-order valence-corrected chi connectivity index (χ0v) is 9.61. The summed E-state index contributed by atoms with van der Waals surface area (Å²) in [7, 11) is 2.83. The SMILES string of the molecule is CN(C)C(=O)Oc1ccc(C(=O)O)cc1[N+](=O)[O-]. The van der Waals surface area contributed by atoms with E-state index in [1.165, 1.54) is 14.1 Å². The molecule has 1 amide bonds. The zero-order valence-electron chi connectivity index (χ0n) is 9.61. The highest BCUT2D eigenvalue weighted by Crippen LogP contribution is 2.28. The Balaban J connectivity index is 3.16. The monoisotopic (exact) mass is 254 g/mol. The zero-order chi connectivity index (χ0) is 13.9. The fourth-order valence-corrected chi connectivity index (χ4v) is 1.06. The largest absolute Gasteiger partial charge is 0.478 e. The van der Waals surface area contributed by atoms with Gasteiger partial charge in [0.25, 0.3) is 0 Å². The van der Waals surface area contributed by atoms with Crippen molar-refractivity contribution >= 4 is 17.7 Å². The standard InChI is InChI=1S/C10H10N2O6/c1-11(2)10(15)18-8-4-3-6(9(13)14)5-7(8)12(16)17/h3-5H,1-2H3,(H,13,14). The number of benzene rings is 1. The summed E-state index contributed by atoms with van der Waals surface area (Å²) < 4.78 is 4.76. The molecule has 1 N–H and O–H groups in total. The van der Waals surface area contributed by atoms with E-state index in [-0.39, 0.29) is 11.3 Å². The van der Waals surface area contributed by atoms with Crippen molar-refractivity contribution in [3.05, 3.63) is 33.9 Å². The van der Waals surface area contributed by atoms with E-state index in [2.05, 4.69) is 0 Å². The van der Waals surface area contributed by atoms with Gasteiger partial charge in [0.1, 0.15) is 0 Å². The first-order valence-electron chi connectivity index (χ1n) is 4.73. The van der Waals surface area contributed by atoms with Gasteiger partial charge in [-0.2, -0.15) is 0 Å². The van der Waals surface area contributed by atoms with Crippen LogP contribution in [0.25, 0.3) is 0 Å². The average molecular weight is 254 g/mol. The molecule has 1 rings (SSSR count). The van der Waals surface area contributed by atoms with Crippen LogP contribution in [0.5, 0.6) is 5.75 Å². The Morgan fingerprint density at radius 3 is 2.44 bits per heavy atom. The molecule has 8 heteroatoms. The van der Waals surface area contributed by atoms with Crippen molar-refractivity contribution in [2.24, 2.45) is 0 Å². The number of aromatic carboxylic acids is 1. The van der Waals surface area contributed by atoms with Gasteiger partial charge in [-0.05, 0) is 12.1 Å². The minimum absolute atomic E-state index is 0.258. The van der Waals surface area contributed by atoms with Crippen LogP contribution in [0.4, 0.5) is 10.5 Å². The van der Waals surface area contributed by atoms with Crippen LogP contribution >= 0.6 is 0 Å². The van der Waals surface area contributed by atoms with Crippen LogP contribution in [-0.4, -0.2) is 41.1 Å². The van der Waals surface area contributed by atoms with Gasteiger partial charge < -0.3 is 14.7 Å². The Kier molecular flexibility index (Phi) is 3.82. The Hall–Kier alpha value is -2.64. The lowest BCUT2D eigenvalue weighted by Crippen LogP contribution is -2.25. The van der Waals surface area contributed by atoms with Gasteiger partial charge in [-0.3, -0.25) is 10.1 Å². The smallest absolute Gasteiger partial charge is 0.414 e. The van der Waals surface area contributed by atoms with Crippen LogP contribution in [0.15, 0.2) is 18.2 Å². The van der Waals surface area contributed by atoms with Crippen molar-refractivity contribution < 1.29 is 24.4 Å². The van der Waals surface area contributed by atoms with Gasteiger partial charge >= 0.3 is 17.7 Å². The Morgan fingerprint density at radius 2 is 2.00 bits per heavy atom. The molecular weight excluding hydrogens is 244 g/mol. The highest BCUT2D eigenvalue weighted by molar-refractivity contribution is 5.89. The first-order chi connectivity index (χ1) is 8.32. The Labute approximate surface area is 102 Å². The van der Waals surface area contributed by atoms with Crippen LogP contribution in [0.3, 0.4) is 0 Å². The average Bonchev–Trinajstić information content (AvgIpc) is 2.28. The molecule has 1 aromatic carbocycles. The Bertz CT molecular complexity index is 511. The molecule has 0 spiro atoms. The molecule has 0 aliphatic rings. The van der Waals surface area contributed by atoms with Crippen LogP contribution in [0.2, 0.25) is 0 Å². The molecule has 0 heterocycles. The molecule has 0 saturated carbocycles. The summed E-state index contributed by atoms with van der Waals surface area (Å²) in [5, 5.41) is 19.5. The molecule has 8 nitrogen and oxygen atoms in total. The third-order valence-corrected chi connectivity index (χ3v) is 1.97. The van der Waals surface area contributed by atoms with Crippen LogP contribution in [0, 0.1) is 10.1 Å².